The SMILES string of the molecule is Cc1cc(C(F)(F)F)nn1-c1ccc(C(C)Oc2nc(-c3ccccc3C(C)C)c(C#N)c3nccn23)cc1. The Kier molecular flexibility index (Phi) is 6.60. The van der Waals surface area contributed by atoms with E-state index in [-0.39, 0.29) is 11.9 Å². The molecule has 0 aliphatic carbocycles. The Morgan fingerprint density at radius 3 is 2.38 bits per heavy atom. The number of fused-ring (bicyclic) bond motifs is 1. The number of benzene rings is 2. The lowest BCUT2D eigenvalue weighted by atomic mass is 9.94. The molecule has 5 rings (SSSR count). The summed E-state index contributed by atoms with van der Waals surface area (Å²) < 4.78 is 48.4. The smallest absolute Gasteiger partial charge is 0.435 e. The number of halogens is 3. The van der Waals surface area contributed by atoms with Gasteiger partial charge in [-0.05, 0) is 49.1 Å². The van der Waals surface area contributed by atoms with E-state index in [9.17, 15) is 18.4 Å². The topological polar surface area (TPSA) is 81.0 Å². The Hall–Kier alpha value is -4.65. The van der Waals surface area contributed by atoms with Gasteiger partial charge < -0.3 is 4.74 Å². The van der Waals surface area contributed by atoms with Gasteiger partial charge in [-0.25, -0.2) is 9.67 Å². The molecule has 0 aliphatic rings. The quantitative estimate of drug-likeness (QED) is 0.235. The zero-order valence-corrected chi connectivity index (χ0v) is 21.7. The molecular weight excluding hydrogens is 505 g/mol. The highest BCUT2D eigenvalue weighted by Gasteiger charge is 2.34. The lowest BCUT2D eigenvalue weighted by Crippen LogP contribution is -2.10. The molecular formula is C29H25F3N6O. The Morgan fingerprint density at radius 2 is 1.74 bits per heavy atom. The molecule has 0 saturated carbocycles. The molecule has 39 heavy (non-hydrogen) atoms. The number of nitriles is 1. The third-order valence-electron chi connectivity index (χ3n) is 6.53. The van der Waals surface area contributed by atoms with Gasteiger partial charge in [0.2, 0.25) is 0 Å². The zero-order valence-electron chi connectivity index (χ0n) is 21.7. The maximum atomic E-state index is 13.1. The van der Waals surface area contributed by atoms with E-state index in [0.717, 1.165) is 22.8 Å². The van der Waals surface area contributed by atoms with E-state index in [1.165, 1.54) is 4.68 Å². The molecule has 3 aromatic heterocycles. The summed E-state index contributed by atoms with van der Waals surface area (Å²) in [5.41, 5.74) is 3.89. The third-order valence-corrected chi connectivity index (χ3v) is 6.53. The molecule has 1 unspecified atom stereocenters. The Labute approximate surface area is 223 Å². The van der Waals surface area contributed by atoms with Crippen molar-refractivity contribution < 1.29 is 17.9 Å². The van der Waals surface area contributed by atoms with Crippen LogP contribution in [0.2, 0.25) is 0 Å². The molecule has 0 aliphatic heterocycles. The molecule has 3 heterocycles. The molecule has 10 heteroatoms. The van der Waals surface area contributed by atoms with Gasteiger partial charge in [0.25, 0.3) is 0 Å². The highest BCUT2D eigenvalue weighted by Crippen LogP contribution is 2.34. The summed E-state index contributed by atoms with van der Waals surface area (Å²) in [6.07, 6.45) is -1.71. The van der Waals surface area contributed by atoms with Crippen LogP contribution in [0.5, 0.6) is 6.01 Å². The van der Waals surface area contributed by atoms with Gasteiger partial charge in [0.15, 0.2) is 11.3 Å². The van der Waals surface area contributed by atoms with Crippen LogP contribution in [0, 0.1) is 18.3 Å². The fourth-order valence-electron chi connectivity index (χ4n) is 4.54. The number of aryl methyl sites for hydroxylation is 1. The van der Waals surface area contributed by atoms with Gasteiger partial charge in [0, 0.05) is 23.7 Å². The van der Waals surface area contributed by atoms with Crippen LogP contribution in [0.3, 0.4) is 0 Å². The molecule has 198 valence electrons. The van der Waals surface area contributed by atoms with E-state index in [1.807, 2.05) is 31.2 Å². The van der Waals surface area contributed by atoms with Gasteiger partial charge in [-0.3, -0.25) is 4.40 Å². The fourth-order valence-corrected chi connectivity index (χ4v) is 4.54. The molecule has 0 amide bonds. The standard InChI is InChI=1S/C29H25F3N6O/c1-17(2)22-7-5-6-8-23(22)26-24(16-33)27-34-13-14-37(27)28(35-26)39-19(4)20-9-11-21(12-10-20)38-18(3)15-25(36-38)29(30,31)32/h5-15,17,19H,1-4H3. The molecule has 5 aromatic rings. The molecule has 0 N–H and O–H groups in total. The van der Waals surface area contributed by atoms with Crippen LogP contribution in [-0.2, 0) is 6.18 Å². The minimum Gasteiger partial charge on any atom is -0.456 e. The molecule has 0 fully saturated rings. The largest absolute Gasteiger partial charge is 0.456 e. The first-order valence-corrected chi connectivity index (χ1v) is 12.4. The van der Waals surface area contributed by atoms with Crippen LogP contribution in [0.4, 0.5) is 13.2 Å². The second-order valence-electron chi connectivity index (χ2n) is 9.52. The highest BCUT2D eigenvalue weighted by molar-refractivity contribution is 5.77. The fraction of sp³-hybridized carbons (Fsp3) is 0.241. The first kappa shape index (κ1) is 26.0. The second kappa shape index (κ2) is 9.91. The summed E-state index contributed by atoms with van der Waals surface area (Å²) in [4.78, 5) is 9.18. The molecule has 0 bridgehead atoms. The first-order chi connectivity index (χ1) is 18.6. The Bertz CT molecular complexity index is 1690. The summed E-state index contributed by atoms with van der Waals surface area (Å²) in [5, 5.41) is 13.7. The number of ether oxygens (including phenoxy) is 1. The van der Waals surface area contributed by atoms with Crippen LogP contribution >= 0.6 is 0 Å². The first-order valence-electron chi connectivity index (χ1n) is 12.4. The van der Waals surface area contributed by atoms with Crippen LogP contribution in [0.15, 0.2) is 67.0 Å². The molecule has 0 saturated heterocycles. The van der Waals surface area contributed by atoms with Crippen LogP contribution in [-0.4, -0.2) is 24.1 Å². The van der Waals surface area contributed by atoms with E-state index >= 15 is 0 Å². The van der Waals surface area contributed by atoms with Crippen LogP contribution in [0.25, 0.3) is 22.6 Å². The van der Waals surface area contributed by atoms with Crippen molar-refractivity contribution in [3.63, 3.8) is 0 Å². The van der Waals surface area contributed by atoms with Gasteiger partial charge in [-0.2, -0.15) is 28.5 Å². The molecule has 0 radical (unpaired) electrons. The van der Waals surface area contributed by atoms with Crippen molar-refractivity contribution in [2.45, 2.75) is 45.9 Å². The maximum Gasteiger partial charge on any atom is 0.435 e. The van der Waals surface area contributed by atoms with Crippen molar-refractivity contribution in [1.82, 2.24) is 24.1 Å². The summed E-state index contributed by atoms with van der Waals surface area (Å²) in [6.45, 7) is 7.58. The average Bonchev–Trinajstić information content (AvgIpc) is 3.56. The third kappa shape index (κ3) is 4.83. The van der Waals surface area contributed by atoms with Crippen molar-refractivity contribution in [3.05, 3.63) is 95.1 Å². The van der Waals surface area contributed by atoms with Crippen molar-refractivity contribution >= 4 is 5.65 Å². The predicted octanol–water partition coefficient (Wildman–Crippen LogP) is 7.04. The van der Waals surface area contributed by atoms with Crippen molar-refractivity contribution in [3.8, 4) is 29.0 Å². The number of aromatic nitrogens is 5. The van der Waals surface area contributed by atoms with Crippen molar-refractivity contribution in [1.29, 1.82) is 5.26 Å². The van der Waals surface area contributed by atoms with Crippen molar-refractivity contribution in [2.75, 3.05) is 0 Å². The van der Waals surface area contributed by atoms with Gasteiger partial charge in [-0.1, -0.05) is 50.2 Å². The number of nitrogens with zero attached hydrogens (tertiary/aromatic N) is 6. The van der Waals surface area contributed by atoms with E-state index in [0.29, 0.717) is 28.3 Å². The summed E-state index contributed by atoms with van der Waals surface area (Å²) >= 11 is 0. The molecule has 1 atom stereocenters. The van der Waals surface area contributed by atoms with Gasteiger partial charge in [0.1, 0.15) is 17.7 Å². The minimum atomic E-state index is -4.51. The van der Waals surface area contributed by atoms with Gasteiger partial charge in [0.05, 0.1) is 11.4 Å². The van der Waals surface area contributed by atoms with E-state index < -0.39 is 18.0 Å². The maximum absolute atomic E-state index is 13.1. The lowest BCUT2D eigenvalue weighted by Gasteiger charge is -2.18. The molecule has 7 nitrogen and oxygen atoms in total. The molecule has 0 spiro atoms. The van der Waals surface area contributed by atoms with Crippen molar-refractivity contribution in [2.24, 2.45) is 0 Å². The van der Waals surface area contributed by atoms with Gasteiger partial charge >= 0.3 is 12.2 Å². The van der Waals surface area contributed by atoms with Crippen LogP contribution < -0.4 is 4.74 Å². The monoisotopic (exact) mass is 530 g/mol. The summed E-state index contributed by atoms with van der Waals surface area (Å²) in [7, 11) is 0. The van der Waals surface area contributed by atoms with Crippen LogP contribution in [0.1, 0.15) is 60.9 Å². The number of hydrogen-bond acceptors (Lipinski definition) is 5. The average molecular weight is 531 g/mol. The zero-order chi connectivity index (χ0) is 27.9. The summed E-state index contributed by atoms with van der Waals surface area (Å²) in [5.74, 6) is 0.206. The number of imidazole rings is 1. The number of alkyl halides is 3. The van der Waals surface area contributed by atoms with Gasteiger partial charge in [-0.15, -0.1) is 0 Å². The molecule has 2 aromatic carbocycles. The normalized spacial score (nSPS) is 12.6. The Balaban J connectivity index is 1.50. The van der Waals surface area contributed by atoms with E-state index in [2.05, 4.69) is 30.0 Å². The minimum absolute atomic E-state index is 0.206. The number of hydrogen-bond donors (Lipinski definition) is 0. The predicted molar refractivity (Wildman–Crippen MR) is 140 cm³/mol. The highest BCUT2D eigenvalue weighted by atomic mass is 19.4. The lowest BCUT2D eigenvalue weighted by molar-refractivity contribution is -0.141. The Morgan fingerprint density at radius 1 is 1.03 bits per heavy atom. The summed E-state index contributed by atoms with van der Waals surface area (Å²) in [6, 6.07) is 18.3. The second-order valence-corrected chi connectivity index (χ2v) is 9.52. The van der Waals surface area contributed by atoms with E-state index in [1.54, 1.807) is 48.0 Å². The number of rotatable bonds is 6. The van der Waals surface area contributed by atoms with E-state index in [4.69, 9.17) is 9.72 Å².